The van der Waals surface area contributed by atoms with Crippen LogP contribution < -0.4 is 5.73 Å². The maximum absolute atomic E-state index is 9.16. The Hall–Kier alpha value is -0.900. The predicted molar refractivity (Wildman–Crippen MR) is 78.8 cm³/mol. The van der Waals surface area contributed by atoms with E-state index in [-0.39, 0.29) is 6.04 Å². The van der Waals surface area contributed by atoms with Crippen LogP contribution in [0, 0.1) is 11.8 Å². The highest BCUT2D eigenvalue weighted by atomic mass is 16.3. The summed E-state index contributed by atoms with van der Waals surface area (Å²) in [5.41, 5.74) is 7.56. The molecule has 0 bridgehead atoms. The van der Waals surface area contributed by atoms with Gasteiger partial charge in [-0.1, -0.05) is 37.3 Å². The highest BCUT2D eigenvalue weighted by Crippen LogP contribution is 2.23. The minimum atomic E-state index is 0.108. The summed E-state index contributed by atoms with van der Waals surface area (Å²) < 4.78 is 0. The zero-order valence-corrected chi connectivity index (χ0v) is 11.8. The van der Waals surface area contributed by atoms with Crippen LogP contribution in [0.4, 0.5) is 0 Å². The van der Waals surface area contributed by atoms with Crippen LogP contribution >= 0.6 is 0 Å². The molecule has 3 heteroatoms. The van der Waals surface area contributed by atoms with Gasteiger partial charge in [-0.2, -0.15) is 0 Å². The Kier molecular flexibility index (Phi) is 5.37. The van der Waals surface area contributed by atoms with E-state index in [2.05, 4.69) is 36.1 Å². The highest BCUT2D eigenvalue weighted by molar-refractivity contribution is 5.19. The van der Waals surface area contributed by atoms with Crippen molar-refractivity contribution < 1.29 is 5.11 Å². The normalized spacial score (nSPS) is 21.2. The Balaban J connectivity index is 1.83. The van der Waals surface area contributed by atoms with Gasteiger partial charge in [-0.25, -0.2) is 0 Å². The minimum absolute atomic E-state index is 0.108. The number of aliphatic hydroxyl groups excluding tert-OH is 1. The monoisotopic (exact) mass is 262 g/mol. The van der Waals surface area contributed by atoms with E-state index in [1.54, 1.807) is 0 Å². The number of rotatable bonds is 5. The molecule has 0 aromatic heterocycles. The topological polar surface area (TPSA) is 49.5 Å². The summed E-state index contributed by atoms with van der Waals surface area (Å²) >= 11 is 0. The average Bonchev–Trinajstić information content (AvgIpc) is 2.48. The number of nitrogens with two attached hydrogens (primary N) is 1. The van der Waals surface area contributed by atoms with E-state index in [1.807, 2.05) is 6.07 Å². The lowest BCUT2D eigenvalue weighted by atomic mass is 9.92. The molecule has 1 aromatic carbocycles. The molecule has 1 aromatic rings. The van der Waals surface area contributed by atoms with E-state index in [0.717, 1.165) is 32.5 Å². The predicted octanol–water partition coefficient (Wildman–Crippen LogP) is 2.03. The minimum Gasteiger partial charge on any atom is -0.396 e. The summed E-state index contributed by atoms with van der Waals surface area (Å²) in [5, 5.41) is 9.16. The second-order valence-corrected chi connectivity index (χ2v) is 5.84. The molecular formula is C16H26N2O. The first-order valence-electron chi connectivity index (χ1n) is 7.34. The van der Waals surface area contributed by atoms with E-state index in [9.17, 15) is 0 Å². The lowest BCUT2D eigenvalue weighted by molar-refractivity contribution is 0.118. The molecule has 19 heavy (non-hydrogen) atoms. The smallest absolute Gasteiger partial charge is 0.0460 e. The number of likely N-dealkylation sites (tertiary alicyclic amines) is 1. The average molecular weight is 262 g/mol. The number of benzene rings is 1. The van der Waals surface area contributed by atoms with Crippen molar-refractivity contribution in [1.29, 1.82) is 0 Å². The third-order valence-corrected chi connectivity index (χ3v) is 4.31. The molecule has 1 fully saturated rings. The standard InChI is InChI=1S/C16H26N2O/c1-13(16(17)15-5-3-2-4-6-15)11-18-9-7-14(12-19)8-10-18/h2-6,13-14,16,19H,7-12,17H2,1H3. The molecule has 1 aliphatic heterocycles. The van der Waals surface area contributed by atoms with E-state index < -0.39 is 0 Å². The summed E-state index contributed by atoms with van der Waals surface area (Å²) in [4.78, 5) is 2.49. The molecule has 3 N–H and O–H groups in total. The Bertz CT molecular complexity index is 360. The van der Waals surface area contributed by atoms with Crippen molar-refractivity contribution >= 4 is 0 Å². The van der Waals surface area contributed by atoms with Crippen molar-refractivity contribution in [2.45, 2.75) is 25.8 Å². The van der Waals surface area contributed by atoms with Gasteiger partial charge in [0.05, 0.1) is 0 Å². The molecule has 1 heterocycles. The van der Waals surface area contributed by atoms with Gasteiger partial charge in [-0.3, -0.25) is 0 Å². The molecule has 1 aliphatic rings. The molecule has 0 radical (unpaired) electrons. The lowest BCUT2D eigenvalue weighted by Crippen LogP contribution is -2.39. The van der Waals surface area contributed by atoms with Crippen LogP contribution in [0.2, 0.25) is 0 Å². The zero-order chi connectivity index (χ0) is 13.7. The van der Waals surface area contributed by atoms with Crippen molar-refractivity contribution in [2.24, 2.45) is 17.6 Å². The molecule has 2 atom stereocenters. The fourth-order valence-corrected chi connectivity index (χ4v) is 2.88. The molecule has 106 valence electrons. The quantitative estimate of drug-likeness (QED) is 0.853. The molecule has 0 saturated carbocycles. The first-order valence-corrected chi connectivity index (χ1v) is 7.34. The van der Waals surface area contributed by atoms with Gasteiger partial charge in [0.2, 0.25) is 0 Å². The molecule has 2 rings (SSSR count). The fourth-order valence-electron chi connectivity index (χ4n) is 2.88. The second kappa shape index (κ2) is 7.04. The Morgan fingerprint density at radius 1 is 1.26 bits per heavy atom. The largest absolute Gasteiger partial charge is 0.396 e. The molecule has 0 aliphatic carbocycles. The van der Waals surface area contributed by atoms with Crippen molar-refractivity contribution in [1.82, 2.24) is 4.90 Å². The van der Waals surface area contributed by atoms with E-state index in [1.165, 1.54) is 5.56 Å². The number of nitrogens with zero attached hydrogens (tertiary/aromatic N) is 1. The molecule has 0 spiro atoms. The Morgan fingerprint density at radius 2 is 1.89 bits per heavy atom. The van der Waals surface area contributed by atoms with Gasteiger partial charge >= 0.3 is 0 Å². The van der Waals surface area contributed by atoms with Gasteiger partial charge in [0.15, 0.2) is 0 Å². The third-order valence-electron chi connectivity index (χ3n) is 4.31. The van der Waals surface area contributed by atoms with E-state index in [4.69, 9.17) is 10.8 Å². The first kappa shape index (κ1) is 14.5. The summed E-state index contributed by atoms with van der Waals surface area (Å²) in [7, 11) is 0. The molecule has 2 unspecified atom stereocenters. The van der Waals surface area contributed by atoms with Gasteiger partial charge in [0.1, 0.15) is 0 Å². The number of piperidine rings is 1. The Labute approximate surface area is 116 Å². The van der Waals surface area contributed by atoms with Crippen molar-refractivity contribution in [2.75, 3.05) is 26.2 Å². The summed E-state index contributed by atoms with van der Waals surface area (Å²) in [6, 6.07) is 10.5. The van der Waals surface area contributed by atoms with Gasteiger partial charge in [-0.05, 0) is 43.3 Å². The number of aliphatic hydroxyl groups is 1. The van der Waals surface area contributed by atoms with Crippen LogP contribution in [0.1, 0.15) is 31.4 Å². The highest BCUT2D eigenvalue weighted by Gasteiger charge is 2.22. The molecule has 1 saturated heterocycles. The van der Waals surface area contributed by atoms with Gasteiger partial charge in [0, 0.05) is 19.2 Å². The van der Waals surface area contributed by atoms with Crippen LogP contribution in [0.5, 0.6) is 0 Å². The Morgan fingerprint density at radius 3 is 2.47 bits per heavy atom. The molecule has 3 nitrogen and oxygen atoms in total. The van der Waals surface area contributed by atoms with Crippen LogP contribution in [0.15, 0.2) is 30.3 Å². The van der Waals surface area contributed by atoms with Crippen molar-refractivity contribution in [3.63, 3.8) is 0 Å². The third kappa shape index (κ3) is 4.03. The lowest BCUT2D eigenvalue weighted by Gasteiger charge is -2.34. The van der Waals surface area contributed by atoms with E-state index >= 15 is 0 Å². The van der Waals surface area contributed by atoms with Gasteiger partial charge < -0.3 is 15.7 Å². The maximum Gasteiger partial charge on any atom is 0.0460 e. The van der Waals surface area contributed by atoms with Crippen LogP contribution in [-0.2, 0) is 0 Å². The zero-order valence-electron chi connectivity index (χ0n) is 11.8. The maximum atomic E-state index is 9.16. The SMILES string of the molecule is CC(CN1CCC(CO)CC1)C(N)c1ccccc1. The fraction of sp³-hybridized carbons (Fsp3) is 0.625. The van der Waals surface area contributed by atoms with Gasteiger partial charge in [-0.15, -0.1) is 0 Å². The number of hydrogen-bond acceptors (Lipinski definition) is 3. The van der Waals surface area contributed by atoms with Crippen LogP contribution in [0.3, 0.4) is 0 Å². The second-order valence-electron chi connectivity index (χ2n) is 5.84. The molecule has 0 amide bonds. The van der Waals surface area contributed by atoms with Crippen molar-refractivity contribution in [3.05, 3.63) is 35.9 Å². The first-order chi connectivity index (χ1) is 9.20. The van der Waals surface area contributed by atoms with Crippen molar-refractivity contribution in [3.8, 4) is 0 Å². The summed E-state index contributed by atoms with van der Waals surface area (Å²) in [6.45, 7) is 5.81. The summed E-state index contributed by atoms with van der Waals surface area (Å²) in [6.07, 6.45) is 2.23. The number of hydrogen-bond donors (Lipinski definition) is 2. The van der Waals surface area contributed by atoms with E-state index in [0.29, 0.717) is 18.4 Å². The van der Waals surface area contributed by atoms with Crippen LogP contribution in [0.25, 0.3) is 0 Å². The molecular weight excluding hydrogens is 236 g/mol. The van der Waals surface area contributed by atoms with Crippen LogP contribution in [-0.4, -0.2) is 36.2 Å². The summed E-state index contributed by atoms with van der Waals surface area (Å²) in [5.74, 6) is 0.961. The van der Waals surface area contributed by atoms with Gasteiger partial charge in [0.25, 0.3) is 0 Å².